The van der Waals surface area contributed by atoms with Gasteiger partial charge in [0, 0.05) is 63.2 Å². The zero-order chi connectivity index (χ0) is 35.1. The summed E-state index contributed by atoms with van der Waals surface area (Å²) in [5, 5.41) is 40.2. The summed E-state index contributed by atoms with van der Waals surface area (Å²) in [6.07, 6.45) is 7.42. The smallest absolute Gasteiger partial charge is 0.359 e. The lowest BCUT2D eigenvalue weighted by Gasteiger charge is -2.34. The van der Waals surface area contributed by atoms with Crippen molar-refractivity contribution in [1.29, 1.82) is 0 Å². The van der Waals surface area contributed by atoms with E-state index in [1.165, 1.54) is 42.4 Å². The topological polar surface area (TPSA) is 207 Å². The minimum atomic E-state index is -3.88. The third kappa shape index (κ3) is 10.5. The van der Waals surface area contributed by atoms with E-state index in [9.17, 15) is 39.5 Å². The number of nitrogens with one attached hydrogen (secondary N) is 2. The monoisotopic (exact) mass is 682 g/mol. The zero-order valence-corrected chi connectivity index (χ0v) is 28.7. The standard InChI is InChI=1S/C30H47N6O10P/c1-20(31-26(13-21-10-8-7-9-11-21)28(38)47(44,45-5)46-6)12-25-18-33(29(39)32-27(37)17-30(2,3)4)19-34(25)22-14-23(35(40)41)16-24(15-22)36(42)43/h14-16,18,20-21,26,28,31,38H,7-13,17,19H2,1-6H3,(H,32,37,39)/t20?,26-,28?/m0/s1. The van der Waals surface area contributed by atoms with Crippen molar-refractivity contribution >= 4 is 36.6 Å². The van der Waals surface area contributed by atoms with Gasteiger partial charge in [0.2, 0.25) is 5.91 Å². The number of imide groups is 1. The van der Waals surface area contributed by atoms with Crippen LogP contribution in [0.25, 0.3) is 0 Å². The van der Waals surface area contributed by atoms with Crippen molar-refractivity contribution < 1.29 is 38.2 Å². The number of carbonyl (C=O) groups excluding carboxylic acids is 2. The maximum atomic E-state index is 13.2. The summed E-state index contributed by atoms with van der Waals surface area (Å²) >= 11 is 0. The van der Waals surface area contributed by atoms with Gasteiger partial charge in [0.25, 0.3) is 11.4 Å². The van der Waals surface area contributed by atoms with Crippen molar-refractivity contribution in [2.45, 2.75) is 97.0 Å². The third-order valence-electron chi connectivity index (χ3n) is 8.28. The fourth-order valence-electron chi connectivity index (χ4n) is 6.04. The first-order valence-electron chi connectivity index (χ1n) is 15.6. The van der Waals surface area contributed by atoms with Crippen LogP contribution in [0.5, 0.6) is 0 Å². The molecule has 0 spiro atoms. The number of aliphatic hydroxyl groups excluding tert-OH is 1. The summed E-state index contributed by atoms with van der Waals surface area (Å²) in [5.74, 6) is -1.69. The van der Waals surface area contributed by atoms with Gasteiger partial charge in [-0.3, -0.25) is 39.8 Å². The van der Waals surface area contributed by atoms with Crippen LogP contribution in [0.2, 0.25) is 0 Å². The largest absolute Gasteiger partial charge is 0.379 e. The van der Waals surface area contributed by atoms with Crippen LogP contribution >= 0.6 is 7.60 Å². The molecule has 2 aliphatic rings. The van der Waals surface area contributed by atoms with E-state index in [4.69, 9.17) is 9.05 Å². The summed E-state index contributed by atoms with van der Waals surface area (Å²) in [7, 11) is -1.47. The Kier molecular flexibility index (Phi) is 13.0. The average Bonchev–Trinajstić information content (AvgIpc) is 3.43. The van der Waals surface area contributed by atoms with Gasteiger partial charge < -0.3 is 24.4 Å². The van der Waals surface area contributed by atoms with E-state index < -0.39 is 58.7 Å². The quantitative estimate of drug-likeness (QED) is 0.124. The Hall–Kier alpha value is -3.43. The molecule has 1 aromatic rings. The van der Waals surface area contributed by atoms with Crippen molar-refractivity contribution in [3.05, 3.63) is 50.3 Å². The Morgan fingerprint density at radius 1 is 1.06 bits per heavy atom. The third-order valence-corrected chi connectivity index (χ3v) is 10.3. The Morgan fingerprint density at radius 2 is 1.64 bits per heavy atom. The van der Waals surface area contributed by atoms with E-state index in [1.807, 2.05) is 27.7 Å². The number of urea groups is 1. The van der Waals surface area contributed by atoms with Crippen molar-refractivity contribution in [2.75, 3.05) is 25.8 Å². The Bertz CT molecular complexity index is 1350. The first-order valence-corrected chi connectivity index (χ1v) is 17.3. The second-order valence-corrected chi connectivity index (χ2v) is 15.7. The minimum absolute atomic E-state index is 0.0857. The summed E-state index contributed by atoms with van der Waals surface area (Å²) < 4.78 is 23.4. The number of aliphatic hydroxyl groups is 1. The molecular weight excluding hydrogens is 635 g/mol. The number of benzene rings is 1. The van der Waals surface area contributed by atoms with E-state index >= 15 is 0 Å². The highest BCUT2D eigenvalue weighted by Gasteiger charge is 2.41. The number of hydrogen-bond donors (Lipinski definition) is 3. The molecule has 1 heterocycles. The maximum Gasteiger partial charge on any atom is 0.359 e. The molecule has 1 aliphatic heterocycles. The number of amides is 3. The van der Waals surface area contributed by atoms with Gasteiger partial charge in [0.15, 0.2) is 5.85 Å². The van der Waals surface area contributed by atoms with Crippen molar-refractivity contribution in [1.82, 2.24) is 15.5 Å². The van der Waals surface area contributed by atoms with Crippen LogP contribution in [-0.2, 0) is 18.4 Å². The lowest BCUT2D eigenvalue weighted by molar-refractivity contribution is -0.394. The molecule has 3 atom stereocenters. The van der Waals surface area contributed by atoms with Gasteiger partial charge in [-0.1, -0.05) is 52.9 Å². The number of non-ortho nitro benzene ring substituents is 2. The van der Waals surface area contributed by atoms with Crippen LogP contribution < -0.4 is 15.5 Å². The fourth-order valence-corrected chi connectivity index (χ4v) is 7.27. The minimum Gasteiger partial charge on any atom is -0.379 e. The molecule has 0 radical (unpaired) electrons. The predicted octanol–water partition coefficient (Wildman–Crippen LogP) is 5.61. The molecule has 3 rings (SSSR count). The summed E-state index contributed by atoms with van der Waals surface area (Å²) in [6.45, 7) is 7.19. The van der Waals surface area contributed by atoms with Crippen LogP contribution in [-0.4, -0.2) is 70.6 Å². The highest BCUT2D eigenvalue weighted by molar-refractivity contribution is 7.54. The second-order valence-electron chi connectivity index (χ2n) is 13.4. The molecule has 3 amide bonds. The summed E-state index contributed by atoms with van der Waals surface area (Å²) in [4.78, 5) is 50.3. The van der Waals surface area contributed by atoms with Crippen molar-refractivity contribution in [2.24, 2.45) is 11.3 Å². The SMILES string of the molecule is COP(=O)(OC)C(O)[C@H](CC1CCCCC1)NC(C)CC1=CN(C(=O)NC(=O)CC(C)(C)C)CN1c1cc([N+](=O)[O-])cc([N+](=O)[O-])c1. The number of anilines is 1. The highest BCUT2D eigenvalue weighted by Crippen LogP contribution is 2.52. The normalized spacial score (nSPS) is 18.0. The second kappa shape index (κ2) is 16.1. The van der Waals surface area contributed by atoms with Gasteiger partial charge >= 0.3 is 13.6 Å². The summed E-state index contributed by atoms with van der Waals surface area (Å²) in [6, 6.07) is 1.34. The van der Waals surface area contributed by atoms with Crippen LogP contribution in [0.15, 0.2) is 30.1 Å². The van der Waals surface area contributed by atoms with Gasteiger partial charge in [-0.15, -0.1) is 0 Å². The molecule has 0 bridgehead atoms. The number of rotatable bonds is 14. The van der Waals surface area contributed by atoms with Crippen molar-refractivity contribution in [3.63, 3.8) is 0 Å². The van der Waals surface area contributed by atoms with Gasteiger partial charge in [0.1, 0.15) is 6.67 Å². The number of nitrogens with zero attached hydrogens (tertiary/aromatic N) is 4. The molecule has 1 aliphatic carbocycles. The molecule has 16 nitrogen and oxygen atoms in total. The van der Waals surface area contributed by atoms with Crippen LogP contribution in [0.4, 0.5) is 21.9 Å². The number of hydrogen-bond acceptors (Lipinski definition) is 12. The van der Waals surface area contributed by atoms with Crippen LogP contribution in [0, 0.1) is 31.6 Å². The average molecular weight is 683 g/mol. The molecule has 1 aromatic carbocycles. The molecule has 0 saturated heterocycles. The van der Waals surface area contributed by atoms with Crippen molar-refractivity contribution in [3.8, 4) is 0 Å². The molecule has 3 N–H and O–H groups in total. The van der Waals surface area contributed by atoms with Gasteiger partial charge in [-0.25, -0.2) is 4.79 Å². The number of nitro groups is 2. The lowest BCUT2D eigenvalue weighted by atomic mass is 9.84. The molecule has 0 aromatic heterocycles. The summed E-state index contributed by atoms with van der Waals surface area (Å²) in [5.41, 5.74) is -0.838. The Morgan fingerprint density at radius 3 is 2.15 bits per heavy atom. The zero-order valence-electron chi connectivity index (χ0n) is 27.8. The first kappa shape index (κ1) is 38.0. The van der Waals surface area contributed by atoms with Gasteiger partial charge in [-0.05, 0) is 24.7 Å². The molecule has 1 saturated carbocycles. The molecule has 47 heavy (non-hydrogen) atoms. The van der Waals surface area contributed by atoms with Crippen LogP contribution in [0.1, 0.15) is 79.1 Å². The molecule has 17 heteroatoms. The van der Waals surface area contributed by atoms with E-state index in [-0.39, 0.29) is 36.5 Å². The Balaban J connectivity index is 1.94. The van der Waals surface area contributed by atoms with E-state index in [0.717, 1.165) is 38.2 Å². The lowest BCUT2D eigenvalue weighted by Crippen LogP contribution is -2.46. The number of nitro benzene ring substituents is 2. The number of carbonyl (C=O) groups is 2. The van der Waals surface area contributed by atoms with Crippen LogP contribution in [0.3, 0.4) is 0 Å². The van der Waals surface area contributed by atoms with Gasteiger partial charge in [-0.2, -0.15) is 0 Å². The molecular formula is C30H47N6O10P. The van der Waals surface area contributed by atoms with E-state index in [0.29, 0.717) is 12.1 Å². The van der Waals surface area contributed by atoms with E-state index in [1.54, 1.807) is 0 Å². The Labute approximate surface area is 274 Å². The maximum absolute atomic E-state index is 13.2. The fraction of sp³-hybridized carbons (Fsp3) is 0.667. The van der Waals surface area contributed by atoms with E-state index in [2.05, 4.69) is 10.6 Å². The molecule has 2 unspecified atom stereocenters. The van der Waals surface area contributed by atoms with Gasteiger partial charge in [0.05, 0.1) is 21.6 Å². The first-order chi connectivity index (χ1) is 22.0. The highest BCUT2D eigenvalue weighted by atomic mass is 31.2. The molecule has 262 valence electrons. The predicted molar refractivity (Wildman–Crippen MR) is 174 cm³/mol. The molecule has 1 fully saturated rings.